The van der Waals surface area contributed by atoms with Crippen LogP contribution in [0.1, 0.15) is 12.0 Å². The second-order valence-electron chi connectivity index (χ2n) is 3.71. The van der Waals surface area contributed by atoms with Crippen LogP contribution in [-0.2, 0) is 20.8 Å². The summed E-state index contributed by atoms with van der Waals surface area (Å²) in [5.74, 6) is 5.86. The largest absolute Gasteiger partial charge is 0.385 e. The molecule has 0 aliphatic heterocycles. The lowest BCUT2D eigenvalue weighted by Crippen LogP contribution is -2.09. The van der Waals surface area contributed by atoms with Gasteiger partial charge in [-0.2, -0.15) is 0 Å². The number of ether oxygens (including phenoxy) is 3. The number of nitrogens with zero attached hydrogens (tertiary/aromatic N) is 1. The highest BCUT2D eigenvalue weighted by atomic mass is 16.5. The molecule has 1 heterocycles. The minimum atomic E-state index is 0.527. The van der Waals surface area contributed by atoms with Gasteiger partial charge in [0.25, 0.3) is 0 Å². The SMILES string of the molecule is COCCCOCCOCc1ccc(NN)nc1. The van der Waals surface area contributed by atoms with Gasteiger partial charge in [-0.15, -0.1) is 0 Å². The van der Waals surface area contributed by atoms with Gasteiger partial charge in [-0.3, -0.25) is 0 Å². The maximum atomic E-state index is 5.45. The van der Waals surface area contributed by atoms with E-state index in [-0.39, 0.29) is 0 Å². The van der Waals surface area contributed by atoms with Crippen LogP contribution in [0.3, 0.4) is 0 Å². The number of methoxy groups -OCH3 is 1. The molecule has 0 atom stereocenters. The van der Waals surface area contributed by atoms with E-state index in [4.69, 9.17) is 20.1 Å². The molecule has 0 aromatic carbocycles. The third kappa shape index (κ3) is 6.51. The van der Waals surface area contributed by atoms with Crippen molar-refractivity contribution in [3.8, 4) is 0 Å². The predicted octanol–water partition coefficient (Wildman–Crippen LogP) is 0.937. The first-order valence-electron chi connectivity index (χ1n) is 5.93. The zero-order chi connectivity index (χ0) is 13.1. The number of hydrazine groups is 1. The Morgan fingerprint density at radius 2 is 2.00 bits per heavy atom. The molecule has 6 nitrogen and oxygen atoms in total. The number of aromatic nitrogens is 1. The predicted molar refractivity (Wildman–Crippen MR) is 69.0 cm³/mol. The van der Waals surface area contributed by atoms with Crippen molar-refractivity contribution in [1.82, 2.24) is 4.98 Å². The van der Waals surface area contributed by atoms with E-state index in [2.05, 4.69) is 10.4 Å². The number of pyridine rings is 1. The number of nitrogen functional groups attached to an aromatic ring is 1. The lowest BCUT2D eigenvalue weighted by atomic mass is 10.3. The van der Waals surface area contributed by atoms with Crippen LogP contribution in [0.2, 0.25) is 0 Å². The standard InChI is InChI=1S/C12H21N3O3/c1-16-5-2-6-17-7-8-18-10-11-3-4-12(15-13)14-9-11/h3-4,9H,2,5-8,10,13H2,1H3,(H,14,15). The maximum Gasteiger partial charge on any atom is 0.139 e. The molecule has 18 heavy (non-hydrogen) atoms. The fraction of sp³-hybridized carbons (Fsp3) is 0.583. The number of nitrogens with two attached hydrogens (primary N) is 1. The Morgan fingerprint density at radius 1 is 1.17 bits per heavy atom. The minimum Gasteiger partial charge on any atom is -0.385 e. The van der Waals surface area contributed by atoms with Gasteiger partial charge < -0.3 is 19.6 Å². The summed E-state index contributed by atoms with van der Waals surface area (Å²) in [7, 11) is 1.68. The Kier molecular flexibility index (Phi) is 8.07. The molecule has 1 aromatic rings. The van der Waals surface area contributed by atoms with Crippen molar-refractivity contribution >= 4 is 5.82 Å². The van der Waals surface area contributed by atoms with Gasteiger partial charge in [-0.25, -0.2) is 10.8 Å². The first-order valence-corrected chi connectivity index (χ1v) is 5.93. The molecule has 0 radical (unpaired) electrons. The summed E-state index contributed by atoms with van der Waals surface area (Å²) in [5.41, 5.74) is 3.48. The molecule has 0 bridgehead atoms. The Hall–Kier alpha value is -1.21. The van der Waals surface area contributed by atoms with Gasteiger partial charge in [0.2, 0.25) is 0 Å². The molecule has 0 saturated heterocycles. The van der Waals surface area contributed by atoms with E-state index < -0.39 is 0 Å². The number of hydrogen-bond donors (Lipinski definition) is 2. The van der Waals surface area contributed by atoms with Crippen molar-refractivity contribution in [2.75, 3.05) is 39.0 Å². The third-order valence-electron chi connectivity index (χ3n) is 2.25. The van der Waals surface area contributed by atoms with E-state index in [0.29, 0.717) is 32.2 Å². The monoisotopic (exact) mass is 255 g/mol. The Balaban J connectivity index is 2.00. The summed E-state index contributed by atoms with van der Waals surface area (Å²) >= 11 is 0. The van der Waals surface area contributed by atoms with E-state index in [0.717, 1.165) is 18.6 Å². The Bertz CT molecular complexity index is 306. The van der Waals surface area contributed by atoms with Crippen LogP contribution in [0.4, 0.5) is 5.82 Å². The van der Waals surface area contributed by atoms with Crippen LogP contribution >= 0.6 is 0 Å². The fourth-order valence-corrected chi connectivity index (χ4v) is 1.31. The van der Waals surface area contributed by atoms with E-state index in [1.807, 2.05) is 6.07 Å². The first kappa shape index (κ1) is 14.8. The van der Waals surface area contributed by atoms with Crippen molar-refractivity contribution in [3.63, 3.8) is 0 Å². The van der Waals surface area contributed by atoms with Gasteiger partial charge in [-0.1, -0.05) is 6.07 Å². The van der Waals surface area contributed by atoms with Gasteiger partial charge >= 0.3 is 0 Å². The zero-order valence-electron chi connectivity index (χ0n) is 10.7. The average Bonchev–Trinajstić information content (AvgIpc) is 2.42. The molecule has 3 N–H and O–H groups in total. The van der Waals surface area contributed by atoms with Crippen LogP contribution in [0, 0.1) is 0 Å². The molecular weight excluding hydrogens is 234 g/mol. The summed E-state index contributed by atoms with van der Waals surface area (Å²) in [6.07, 6.45) is 2.64. The van der Waals surface area contributed by atoms with Crippen LogP contribution in [0.15, 0.2) is 18.3 Å². The van der Waals surface area contributed by atoms with Crippen molar-refractivity contribution < 1.29 is 14.2 Å². The van der Waals surface area contributed by atoms with E-state index >= 15 is 0 Å². The highest BCUT2D eigenvalue weighted by molar-refractivity contribution is 5.33. The van der Waals surface area contributed by atoms with Crippen LogP contribution in [0.5, 0.6) is 0 Å². The smallest absolute Gasteiger partial charge is 0.139 e. The van der Waals surface area contributed by atoms with Crippen molar-refractivity contribution in [2.24, 2.45) is 5.84 Å². The summed E-state index contributed by atoms with van der Waals surface area (Å²) in [4.78, 5) is 4.08. The average molecular weight is 255 g/mol. The summed E-state index contributed by atoms with van der Waals surface area (Å²) < 4.78 is 15.7. The van der Waals surface area contributed by atoms with Crippen molar-refractivity contribution in [2.45, 2.75) is 13.0 Å². The molecule has 1 aromatic heterocycles. The van der Waals surface area contributed by atoms with Gasteiger partial charge in [0, 0.05) is 26.5 Å². The minimum absolute atomic E-state index is 0.527. The normalized spacial score (nSPS) is 10.6. The maximum absolute atomic E-state index is 5.45. The highest BCUT2D eigenvalue weighted by Crippen LogP contribution is 2.04. The zero-order valence-corrected chi connectivity index (χ0v) is 10.7. The number of hydrogen-bond acceptors (Lipinski definition) is 6. The van der Waals surface area contributed by atoms with Gasteiger partial charge in [-0.05, 0) is 18.1 Å². The molecule has 0 unspecified atom stereocenters. The molecule has 6 heteroatoms. The van der Waals surface area contributed by atoms with E-state index in [1.54, 1.807) is 19.4 Å². The molecule has 1 rings (SSSR count). The van der Waals surface area contributed by atoms with Gasteiger partial charge in [0.1, 0.15) is 5.82 Å². The Labute approximate surface area is 107 Å². The topological polar surface area (TPSA) is 78.6 Å². The molecule has 0 spiro atoms. The number of anilines is 1. The second kappa shape index (κ2) is 9.78. The molecule has 102 valence electrons. The molecule has 0 aliphatic rings. The second-order valence-corrected chi connectivity index (χ2v) is 3.71. The number of rotatable bonds is 10. The Morgan fingerprint density at radius 3 is 2.67 bits per heavy atom. The third-order valence-corrected chi connectivity index (χ3v) is 2.25. The number of nitrogens with one attached hydrogen (secondary N) is 1. The van der Waals surface area contributed by atoms with Crippen LogP contribution < -0.4 is 11.3 Å². The highest BCUT2D eigenvalue weighted by Gasteiger charge is 1.95. The first-order chi connectivity index (χ1) is 8.86. The molecule has 0 aliphatic carbocycles. The molecule has 0 fully saturated rings. The lowest BCUT2D eigenvalue weighted by molar-refractivity contribution is 0.0336. The molecular formula is C12H21N3O3. The van der Waals surface area contributed by atoms with E-state index in [1.165, 1.54) is 0 Å². The molecule has 0 saturated carbocycles. The van der Waals surface area contributed by atoms with Crippen LogP contribution in [-0.4, -0.2) is 38.5 Å². The molecule has 0 amide bonds. The van der Waals surface area contributed by atoms with Crippen molar-refractivity contribution in [3.05, 3.63) is 23.9 Å². The van der Waals surface area contributed by atoms with Gasteiger partial charge in [0.15, 0.2) is 0 Å². The summed E-state index contributed by atoms with van der Waals surface area (Å²) in [6.45, 7) is 3.13. The quantitative estimate of drug-likeness (QED) is 0.368. The summed E-state index contributed by atoms with van der Waals surface area (Å²) in [5, 5.41) is 0. The van der Waals surface area contributed by atoms with Crippen LogP contribution in [0.25, 0.3) is 0 Å². The lowest BCUT2D eigenvalue weighted by Gasteiger charge is -2.06. The fourth-order valence-electron chi connectivity index (χ4n) is 1.31. The van der Waals surface area contributed by atoms with Gasteiger partial charge in [0.05, 0.1) is 19.8 Å². The van der Waals surface area contributed by atoms with E-state index in [9.17, 15) is 0 Å². The van der Waals surface area contributed by atoms with Crippen molar-refractivity contribution in [1.29, 1.82) is 0 Å². The summed E-state index contributed by atoms with van der Waals surface area (Å²) in [6, 6.07) is 3.72.